The van der Waals surface area contributed by atoms with Crippen molar-refractivity contribution in [1.82, 2.24) is 0 Å². The van der Waals surface area contributed by atoms with Crippen molar-refractivity contribution in [2.45, 2.75) is 25.7 Å². The lowest BCUT2D eigenvalue weighted by atomic mass is 10.2. The fourth-order valence-electron chi connectivity index (χ4n) is 2.23. The maximum absolute atomic E-state index is 12.0. The number of amides is 1. The molecule has 0 heterocycles. The van der Waals surface area contributed by atoms with E-state index in [2.05, 4.69) is 11.4 Å². The lowest BCUT2D eigenvalue weighted by Gasteiger charge is -2.11. The van der Waals surface area contributed by atoms with E-state index >= 15 is 0 Å². The number of carbonyl (C=O) groups excluding carboxylic acids is 2. The molecule has 0 aliphatic heterocycles. The summed E-state index contributed by atoms with van der Waals surface area (Å²) in [6.07, 6.45) is 0. The van der Waals surface area contributed by atoms with Gasteiger partial charge in [-0.15, -0.1) is 11.8 Å². The van der Waals surface area contributed by atoms with Crippen LogP contribution in [0.5, 0.6) is 0 Å². The van der Waals surface area contributed by atoms with E-state index in [0.29, 0.717) is 15.7 Å². The van der Waals surface area contributed by atoms with Gasteiger partial charge >= 0.3 is 5.97 Å². The van der Waals surface area contributed by atoms with Crippen LogP contribution in [-0.4, -0.2) is 24.2 Å². The van der Waals surface area contributed by atoms with E-state index in [1.54, 1.807) is 19.1 Å². The van der Waals surface area contributed by atoms with E-state index in [1.165, 1.54) is 17.3 Å². The Morgan fingerprint density at radius 3 is 2.50 bits per heavy atom. The van der Waals surface area contributed by atoms with Crippen LogP contribution in [0, 0.1) is 20.8 Å². The summed E-state index contributed by atoms with van der Waals surface area (Å²) in [5, 5.41) is 3.27. The van der Waals surface area contributed by atoms with E-state index in [0.717, 1.165) is 16.0 Å². The van der Waals surface area contributed by atoms with E-state index in [4.69, 9.17) is 27.9 Å². The fraction of sp³-hybridized carbons (Fsp3) is 0.263. The molecule has 4 nitrogen and oxygen atoms in total. The topological polar surface area (TPSA) is 55.4 Å². The van der Waals surface area contributed by atoms with Gasteiger partial charge in [-0.2, -0.15) is 0 Å². The smallest absolute Gasteiger partial charge is 0.316 e. The minimum absolute atomic E-state index is 0.128. The maximum atomic E-state index is 12.0. The first-order valence-corrected chi connectivity index (χ1v) is 9.62. The van der Waals surface area contributed by atoms with Gasteiger partial charge in [0.15, 0.2) is 6.61 Å². The molecule has 0 saturated carbocycles. The SMILES string of the molecule is Cc1ccc(SCC(=O)OCC(=O)Nc2c(Cl)ccc(C)c2Cl)c(C)c1. The second-order valence-corrected chi connectivity index (χ2v) is 7.62. The molecule has 0 spiro atoms. The Bertz CT molecular complexity index is 840. The summed E-state index contributed by atoms with van der Waals surface area (Å²) in [6, 6.07) is 9.41. The zero-order valence-electron chi connectivity index (χ0n) is 14.7. The molecule has 0 unspecified atom stereocenters. The number of nitrogens with one attached hydrogen (secondary N) is 1. The van der Waals surface area contributed by atoms with Gasteiger partial charge in [0.05, 0.1) is 21.5 Å². The van der Waals surface area contributed by atoms with Gasteiger partial charge < -0.3 is 10.1 Å². The number of rotatable bonds is 6. The zero-order chi connectivity index (χ0) is 19.3. The summed E-state index contributed by atoms with van der Waals surface area (Å²) in [7, 11) is 0. The number of anilines is 1. The highest BCUT2D eigenvalue weighted by Crippen LogP contribution is 2.32. The summed E-state index contributed by atoms with van der Waals surface area (Å²) in [5.74, 6) is -0.834. The molecule has 138 valence electrons. The Hall–Kier alpha value is -1.69. The van der Waals surface area contributed by atoms with Crippen molar-refractivity contribution >= 4 is 52.5 Å². The summed E-state index contributed by atoms with van der Waals surface area (Å²) in [4.78, 5) is 24.9. The van der Waals surface area contributed by atoms with Gasteiger partial charge in [0.1, 0.15) is 0 Å². The van der Waals surface area contributed by atoms with Crippen molar-refractivity contribution in [2.24, 2.45) is 0 Å². The van der Waals surface area contributed by atoms with Gasteiger partial charge in [-0.1, -0.05) is 47.0 Å². The number of ether oxygens (including phenoxy) is 1. The first kappa shape index (κ1) is 20.6. The highest BCUT2D eigenvalue weighted by atomic mass is 35.5. The molecule has 0 aliphatic rings. The van der Waals surface area contributed by atoms with Crippen molar-refractivity contribution in [2.75, 3.05) is 17.7 Å². The first-order valence-electron chi connectivity index (χ1n) is 7.88. The minimum Gasteiger partial charge on any atom is -0.455 e. The zero-order valence-corrected chi connectivity index (χ0v) is 17.0. The van der Waals surface area contributed by atoms with Crippen LogP contribution >= 0.6 is 35.0 Å². The van der Waals surface area contributed by atoms with Crippen LogP contribution in [0.4, 0.5) is 5.69 Å². The van der Waals surface area contributed by atoms with E-state index in [-0.39, 0.29) is 5.75 Å². The molecule has 7 heteroatoms. The third-order valence-corrected chi connectivity index (χ3v) is 5.54. The average Bonchev–Trinajstić information content (AvgIpc) is 2.59. The molecule has 0 radical (unpaired) electrons. The van der Waals surface area contributed by atoms with Crippen molar-refractivity contribution < 1.29 is 14.3 Å². The van der Waals surface area contributed by atoms with E-state index in [1.807, 2.05) is 26.0 Å². The molecule has 0 aliphatic carbocycles. The number of hydrogen-bond donors (Lipinski definition) is 1. The summed E-state index contributed by atoms with van der Waals surface area (Å²) >= 11 is 13.6. The molecule has 1 amide bonds. The molecule has 0 atom stereocenters. The van der Waals surface area contributed by atoms with Crippen LogP contribution in [0.25, 0.3) is 0 Å². The summed E-state index contributed by atoms with van der Waals surface area (Å²) < 4.78 is 5.01. The maximum Gasteiger partial charge on any atom is 0.316 e. The van der Waals surface area contributed by atoms with Gasteiger partial charge in [-0.3, -0.25) is 9.59 Å². The molecular formula is C19H19Cl2NO3S. The molecular weight excluding hydrogens is 393 g/mol. The van der Waals surface area contributed by atoms with Gasteiger partial charge in [-0.05, 0) is 44.0 Å². The molecule has 26 heavy (non-hydrogen) atoms. The third kappa shape index (κ3) is 5.66. The fourth-order valence-corrected chi connectivity index (χ4v) is 3.51. The standard InChI is InChI=1S/C19H19Cl2NO3S/c1-11-4-7-15(13(3)8-11)26-10-17(24)25-9-16(23)22-19-14(20)6-5-12(2)18(19)21/h4-8H,9-10H2,1-3H3,(H,22,23). The van der Waals surface area contributed by atoms with Crippen molar-refractivity contribution in [3.8, 4) is 0 Å². The second kappa shape index (κ2) is 9.31. The molecule has 2 aromatic rings. The number of esters is 1. The Labute approximate surface area is 167 Å². The number of thioether (sulfide) groups is 1. The van der Waals surface area contributed by atoms with Crippen LogP contribution < -0.4 is 5.32 Å². The number of aryl methyl sites for hydroxylation is 3. The second-order valence-electron chi connectivity index (χ2n) is 5.82. The molecule has 2 rings (SSSR count). The highest BCUT2D eigenvalue weighted by molar-refractivity contribution is 8.00. The predicted octanol–water partition coefficient (Wildman–Crippen LogP) is 5.19. The summed E-state index contributed by atoms with van der Waals surface area (Å²) in [5.41, 5.74) is 3.37. The van der Waals surface area contributed by atoms with Crippen LogP contribution in [0.15, 0.2) is 35.2 Å². The Morgan fingerprint density at radius 2 is 1.81 bits per heavy atom. The minimum atomic E-state index is -0.496. The molecule has 0 aromatic heterocycles. The highest BCUT2D eigenvalue weighted by Gasteiger charge is 2.14. The molecule has 2 aromatic carbocycles. The van der Waals surface area contributed by atoms with Gasteiger partial charge in [0.2, 0.25) is 0 Å². The molecule has 0 saturated heterocycles. The molecule has 0 bridgehead atoms. The normalized spacial score (nSPS) is 10.5. The predicted molar refractivity (Wildman–Crippen MR) is 107 cm³/mol. The third-order valence-electron chi connectivity index (χ3n) is 3.59. The average molecular weight is 412 g/mol. The van der Waals surface area contributed by atoms with Crippen LogP contribution in [0.1, 0.15) is 16.7 Å². The summed E-state index contributed by atoms with van der Waals surface area (Å²) in [6.45, 7) is 5.41. The number of halogens is 2. The van der Waals surface area contributed by atoms with Crippen molar-refractivity contribution in [1.29, 1.82) is 0 Å². The Kier molecular flexibility index (Phi) is 7.38. The number of benzene rings is 2. The van der Waals surface area contributed by atoms with Gasteiger partial charge in [0, 0.05) is 4.90 Å². The Balaban J connectivity index is 1.84. The van der Waals surface area contributed by atoms with Gasteiger partial charge in [0.25, 0.3) is 5.91 Å². The number of carbonyl (C=O) groups is 2. The Morgan fingerprint density at radius 1 is 1.08 bits per heavy atom. The van der Waals surface area contributed by atoms with Crippen LogP contribution in [-0.2, 0) is 14.3 Å². The quantitative estimate of drug-likeness (QED) is 0.524. The largest absolute Gasteiger partial charge is 0.455 e. The molecule has 0 fully saturated rings. The van der Waals surface area contributed by atoms with Crippen molar-refractivity contribution in [3.05, 3.63) is 57.1 Å². The lowest BCUT2D eigenvalue weighted by Crippen LogP contribution is -2.22. The van der Waals surface area contributed by atoms with E-state index in [9.17, 15) is 9.59 Å². The number of hydrogen-bond acceptors (Lipinski definition) is 4. The lowest BCUT2D eigenvalue weighted by molar-refractivity contribution is -0.144. The monoisotopic (exact) mass is 411 g/mol. The van der Waals surface area contributed by atoms with Crippen LogP contribution in [0.2, 0.25) is 10.0 Å². The molecule has 1 N–H and O–H groups in total. The van der Waals surface area contributed by atoms with Crippen molar-refractivity contribution in [3.63, 3.8) is 0 Å². The van der Waals surface area contributed by atoms with E-state index < -0.39 is 18.5 Å². The van der Waals surface area contributed by atoms with Crippen LogP contribution in [0.3, 0.4) is 0 Å². The van der Waals surface area contributed by atoms with Gasteiger partial charge in [-0.25, -0.2) is 0 Å². The first-order chi connectivity index (χ1) is 12.3.